The molecule has 186 valence electrons. The average Bonchev–Trinajstić information content (AvgIpc) is 3.13. The van der Waals surface area contributed by atoms with Crippen LogP contribution in [0.2, 0.25) is 0 Å². The smallest absolute Gasteiger partial charge is 0.314 e. The molecule has 3 saturated carbocycles. The predicted molar refractivity (Wildman–Crippen MR) is 134 cm³/mol. The maximum absolute atomic E-state index is 13.5. The van der Waals surface area contributed by atoms with E-state index in [9.17, 15) is 9.59 Å². The fourth-order valence-electron chi connectivity index (χ4n) is 8.75. The minimum absolute atomic E-state index is 0.0159. The van der Waals surface area contributed by atoms with Gasteiger partial charge in [0.1, 0.15) is 5.75 Å². The number of rotatable bonds is 2. The summed E-state index contributed by atoms with van der Waals surface area (Å²) < 4.78 is 6.03. The first-order valence-corrected chi connectivity index (χ1v) is 13.5. The molecule has 0 radical (unpaired) electrons. The third kappa shape index (κ3) is 3.62. The van der Waals surface area contributed by atoms with Crippen LogP contribution in [0.3, 0.4) is 0 Å². The van der Waals surface area contributed by atoms with Gasteiger partial charge in [0.25, 0.3) is 0 Å². The van der Waals surface area contributed by atoms with Gasteiger partial charge in [-0.15, -0.1) is 0 Å². The molecule has 1 amide bonds. The van der Waals surface area contributed by atoms with Gasteiger partial charge in [0.05, 0.1) is 5.92 Å². The van der Waals surface area contributed by atoms with Crippen molar-refractivity contribution in [2.45, 2.75) is 97.4 Å². The van der Waals surface area contributed by atoms with Crippen LogP contribution >= 0.6 is 0 Å². The third-order valence-electron chi connectivity index (χ3n) is 10.8. The van der Waals surface area contributed by atoms with E-state index in [1.165, 1.54) is 18.4 Å². The van der Waals surface area contributed by atoms with Crippen LogP contribution in [-0.2, 0) is 15.0 Å². The van der Waals surface area contributed by atoms with Crippen LogP contribution in [-0.4, -0.2) is 29.9 Å². The molecular formula is C30H43NO3. The molecule has 0 bridgehead atoms. The fourth-order valence-corrected chi connectivity index (χ4v) is 8.75. The van der Waals surface area contributed by atoms with E-state index in [0.29, 0.717) is 41.9 Å². The summed E-state index contributed by atoms with van der Waals surface area (Å²) >= 11 is 0. The van der Waals surface area contributed by atoms with Crippen LogP contribution in [0.25, 0.3) is 0 Å². The van der Waals surface area contributed by atoms with Gasteiger partial charge in [-0.05, 0) is 96.6 Å². The number of hydrogen-bond acceptors (Lipinski definition) is 3. The molecule has 1 aromatic rings. The summed E-state index contributed by atoms with van der Waals surface area (Å²) in [4.78, 5) is 28.0. The molecule has 34 heavy (non-hydrogen) atoms. The molecular weight excluding hydrogens is 422 g/mol. The number of piperidine rings is 1. The van der Waals surface area contributed by atoms with Crippen molar-refractivity contribution in [2.24, 2.45) is 34.5 Å². The summed E-state index contributed by atoms with van der Waals surface area (Å²) in [6.07, 6.45) is 8.38. The molecule has 0 spiro atoms. The Labute approximate surface area is 205 Å². The highest BCUT2D eigenvalue weighted by atomic mass is 16.5. The second kappa shape index (κ2) is 8.10. The summed E-state index contributed by atoms with van der Waals surface area (Å²) in [5.74, 6) is 2.88. The Morgan fingerprint density at radius 2 is 1.74 bits per heavy atom. The van der Waals surface area contributed by atoms with Gasteiger partial charge in [0.2, 0.25) is 5.91 Å². The third-order valence-corrected chi connectivity index (χ3v) is 10.8. The van der Waals surface area contributed by atoms with Crippen LogP contribution in [0.4, 0.5) is 0 Å². The first-order chi connectivity index (χ1) is 15.9. The lowest BCUT2D eigenvalue weighted by molar-refractivity contribution is -0.162. The summed E-state index contributed by atoms with van der Waals surface area (Å²) in [6, 6.07) is 8.45. The van der Waals surface area contributed by atoms with Gasteiger partial charge in [-0.25, -0.2) is 0 Å². The molecule has 4 aliphatic rings. The van der Waals surface area contributed by atoms with Gasteiger partial charge in [0.15, 0.2) is 0 Å². The Kier molecular flexibility index (Phi) is 5.69. The van der Waals surface area contributed by atoms with Gasteiger partial charge < -0.3 is 9.64 Å². The van der Waals surface area contributed by atoms with Crippen molar-refractivity contribution >= 4 is 11.9 Å². The van der Waals surface area contributed by atoms with Crippen molar-refractivity contribution in [1.29, 1.82) is 0 Å². The zero-order chi connectivity index (χ0) is 24.5. The number of likely N-dealkylation sites (tertiary alicyclic amines) is 1. The van der Waals surface area contributed by atoms with Crippen LogP contribution in [0.5, 0.6) is 5.75 Å². The number of nitrogens with zero attached hydrogens (tertiary/aromatic N) is 1. The molecule has 7 atom stereocenters. The van der Waals surface area contributed by atoms with E-state index in [1.807, 2.05) is 25.2 Å². The van der Waals surface area contributed by atoms with E-state index in [0.717, 1.165) is 32.1 Å². The Morgan fingerprint density at radius 1 is 1.00 bits per heavy atom. The largest absolute Gasteiger partial charge is 0.426 e. The minimum atomic E-state index is -0.0302. The molecule has 1 aromatic carbocycles. The van der Waals surface area contributed by atoms with Crippen molar-refractivity contribution in [3.05, 3.63) is 29.8 Å². The second-order valence-electron chi connectivity index (χ2n) is 13.4. The van der Waals surface area contributed by atoms with Gasteiger partial charge in [0, 0.05) is 19.5 Å². The highest BCUT2D eigenvalue weighted by molar-refractivity contribution is 5.78. The lowest BCUT2D eigenvalue weighted by Gasteiger charge is -2.61. The fraction of sp³-hybridized carbons (Fsp3) is 0.733. The van der Waals surface area contributed by atoms with Crippen molar-refractivity contribution in [1.82, 2.24) is 4.90 Å². The number of fused-ring (bicyclic) bond motifs is 5. The Balaban J connectivity index is 1.34. The second-order valence-corrected chi connectivity index (χ2v) is 13.4. The molecule has 0 unspecified atom stereocenters. The molecule has 1 saturated heterocycles. The average molecular weight is 466 g/mol. The maximum atomic E-state index is 13.5. The molecule has 3 aliphatic carbocycles. The molecule has 5 rings (SSSR count). The first kappa shape index (κ1) is 23.9. The van der Waals surface area contributed by atoms with E-state index in [2.05, 4.69) is 45.6 Å². The highest BCUT2D eigenvalue weighted by Crippen LogP contribution is 2.66. The number of carbonyl (C=O) groups excluding carboxylic acids is 2. The van der Waals surface area contributed by atoms with E-state index in [4.69, 9.17) is 4.74 Å². The van der Waals surface area contributed by atoms with Crippen LogP contribution in [0, 0.1) is 34.5 Å². The van der Waals surface area contributed by atoms with Crippen molar-refractivity contribution in [3.63, 3.8) is 0 Å². The zero-order valence-corrected chi connectivity index (χ0v) is 22.0. The van der Waals surface area contributed by atoms with Crippen molar-refractivity contribution in [2.75, 3.05) is 7.05 Å². The molecule has 0 aromatic heterocycles. The molecule has 1 aliphatic heterocycles. The topological polar surface area (TPSA) is 46.6 Å². The quantitative estimate of drug-likeness (QED) is 0.377. The SMILES string of the molecule is CN1C(=O)CC[C@]2(C)[C@H]3CC[C@]4(C)[C@@H](C(=O)Oc5cccc(C(C)(C)C)c5)CC[C@H]4[C@@H]3CC[C@@H]12. The highest BCUT2D eigenvalue weighted by Gasteiger charge is 2.62. The summed E-state index contributed by atoms with van der Waals surface area (Å²) in [5, 5.41) is 0. The lowest BCUT2D eigenvalue weighted by atomic mass is 9.47. The number of hydrogen-bond donors (Lipinski definition) is 0. The monoisotopic (exact) mass is 465 g/mol. The number of benzene rings is 1. The lowest BCUT2D eigenvalue weighted by Crippen LogP contribution is -2.61. The summed E-state index contributed by atoms with van der Waals surface area (Å²) in [6.45, 7) is 11.4. The van der Waals surface area contributed by atoms with Crippen LogP contribution in [0.15, 0.2) is 24.3 Å². The summed E-state index contributed by atoms with van der Waals surface area (Å²) in [7, 11) is 2.02. The Bertz CT molecular complexity index is 980. The maximum Gasteiger partial charge on any atom is 0.314 e. The molecule has 4 fully saturated rings. The van der Waals surface area contributed by atoms with E-state index in [1.54, 1.807) is 0 Å². The van der Waals surface area contributed by atoms with Gasteiger partial charge in [-0.3, -0.25) is 9.59 Å². The molecule has 4 heteroatoms. The van der Waals surface area contributed by atoms with Crippen LogP contribution < -0.4 is 4.74 Å². The predicted octanol–water partition coefficient (Wildman–Crippen LogP) is 6.37. The number of amides is 1. The summed E-state index contributed by atoms with van der Waals surface area (Å²) in [5.41, 5.74) is 1.46. The van der Waals surface area contributed by atoms with E-state index < -0.39 is 0 Å². The van der Waals surface area contributed by atoms with Crippen molar-refractivity contribution < 1.29 is 14.3 Å². The first-order valence-electron chi connectivity index (χ1n) is 13.5. The zero-order valence-electron chi connectivity index (χ0n) is 22.0. The molecule has 4 nitrogen and oxygen atoms in total. The van der Waals surface area contributed by atoms with Gasteiger partial charge in [-0.1, -0.05) is 46.8 Å². The number of carbonyl (C=O) groups is 2. The normalized spacial score (nSPS) is 39.8. The van der Waals surface area contributed by atoms with Crippen LogP contribution in [0.1, 0.15) is 91.5 Å². The number of ether oxygens (including phenoxy) is 1. The van der Waals surface area contributed by atoms with Gasteiger partial charge >= 0.3 is 5.97 Å². The molecule has 0 N–H and O–H groups in total. The Morgan fingerprint density at radius 3 is 2.47 bits per heavy atom. The van der Waals surface area contributed by atoms with Crippen molar-refractivity contribution in [3.8, 4) is 5.75 Å². The standard InChI is InChI=1S/C30H43NO3/c1-28(2,3)19-8-7-9-20(18-19)34-27(33)24-12-11-22-21-10-13-25-30(5,17-15-26(32)31(25)6)23(21)14-16-29(22,24)4/h7-9,18,21-25H,10-17H2,1-6H3/t21-,22-,23-,24+,25+,29-,30+/m0/s1. The van der Waals surface area contributed by atoms with Gasteiger partial charge in [-0.2, -0.15) is 0 Å². The Hall–Kier alpha value is -1.84. The van der Waals surface area contributed by atoms with E-state index >= 15 is 0 Å². The number of esters is 1. The molecule has 1 heterocycles. The van der Waals surface area contributed by atoms with E-state index in [-0.39, 0.29) is 28.1 Å². The minimum Gasteiger partial charge on any atom is -0.426 e.